The summed E-state index contributed by atoms with van der Waals surface area (Å²) in [7, 11) is 0. The van der Waals surface area contributed by atoms with Crippen LogP contribution in [-0.2, 0) is 0 Å². The van der Waals surface area contributed by atoms with Crippen LogP contribution in [0.2, 0.25) is 0 Å². The van der Waals surface area contributed by atoms with E-state index in [1.807, 2.05) is 0 Å². The molecule has 156 valence electrons. The first-order valence-corrected chi connectivity index (χ1v) is 11.9. The summed E-state index contributed by atoms with van der Waals surface area (Å²) in [6, 6.07) is 11.4. The average Bonchev–Trinajstić information content (AvgIpc) is 3.28. The Hall–Kier alpha value is -1.10. The van der Waals surface area contributed by atoms with Crippen molar-refractivity contribution in [1.29, 1.82) is 0 Å². The first-order valence-electron chi connectivity index (χ1n) is 11.9. The Balaban J connectivity index is 1.25. The maximum absolute atomic E-state index is 3.75. The van der Waals surface area contributed by atoms with Crippen molar-refractivity contribution in [2.45, 2.75) is 82.3 Å². The third-order valence-corrected chi connectivity index (χ3v) is 7.16. The predicted octanol–water partition coefficient (Wildman–Crippen LogP) is 3.95. The Bertz CT molecular complexity index is 573. The minimum Gasteiger partial charge on any atom is -0.381 e. The van der Waals surface area contributed by atoms with Gasteiger partial charge in [0, 0.05) is 36.9 Å². The van der Waals surface area contributed by atoms with Gasteiger partial charge in [-0.05, 0) is 81.8 Å². The SMILES string of the molecule is CCCNC1CNCC(Nc2ccc(C3CCN(C4CCCC4)CC3)cc2)C1. The lowest BCUT2D eigenvalue weighted by Gasteiger charge is -2.36. The first kappa shape index (κ1) is 20.2. The van der Waals surface area contributed by atoms with Crippen LogP contribution in [0.1, 0.15) is 69.8 Å². The van der Waals surface area contributed by atoms with E-state index in [1.54, 1.807) is 5.56 Å². The fourth-order valence-corrected chi connectivity index (χ4v) is 5.51. The number of hydrogen-bond acceptors (Lipinski definition) is 4. The number of likely N-dealkylation sites (tertiary alicyclic amines) is 1. The normalized spacial score (nSPS) is 27.9. The molecule has 3 N–H and O–H groups in total. The third-order valence-electron chi connectivity index (χ3n) is 7.16. The molecule has 2 aliphatic heterocycles. The number of nitrogens with one attached hydrogen (secondary N) is 3. The van der Waals surface area contributed by atoms with Gasteiger partial charge in [-0.3, -0.25) is 0 Å². The molecule has 0 amide bonds. The topological polar surface area (TPSA) is 39.3 Å². The van der Waals surface area contributed by atoms with Gasteiger partial charge in [-0.2, -0.15) is 0 Å². The van der Waals surface area contributed by atoms with Crippen molar-refractivity contribution in [1.82, 2.24) is 15.5 Å². The van der Waals surface area contributed by atoms with Gasteiger partial charge in [0.15, 0.2) is 0 Å². The molecule has 0 aromatic heterocycles. The summed E-state index contributed by atoms with van der Waals surface area (Å²) >= 11 is 0. The van der Waals surface area contributed by atoms with Crippen LogP contribution in [0.25, 0.3) is 0 Å². The molecule has 4 nitrogen and oxygen atoms in total. The van der Waals surface area contributed by atoms with E-state index in [2.05, 4.69) is 52.0 Å². The number of nitrogens with zero attached hydrogens (tertiary/aromatic N) is 1. The molecular weight excluding hydrogens is 344 g/mol. The largest absolute Gasteiger partial charge is 0.381 e. The van der Waals surface area contributed by atoms with Crippen LogP contribution in [0.3, 0.4) is 0 Å². The molecule has 0 radical (unpaired) electrons. The van der Waals surface area contributed by atoms with E-state index in [9.17, 15) is 0 Å². The predicted molar refractivity (Wildman–Crippen MR) is 119 cm³/mol. The Labute approximate surface area is 171 Å². The molecule has 28 heavy (non-hydrogen) atoms. The second-order valence-corrected chi connectivity index (χ2v) is 9.26. The number of anilines is 1. The molecule has 0 bridgehead atoms. The molecule has 0 spiro atoms. The van der Waals surface area contributed by atoms with Crippen LogP contribution in [0.4, 0.5) is 5.69 Å². The zero-order valence-electron chi connectivity index (χ0n) is 17.8. The quantitative estimate of drug-likeness (QED) is 0.666. The highest BCUT2D eigenvalue weighted by Gasteiger charge is 2.27. The molecule has 2 atom stereocenters. The fraction of sp³-hybridized carbons (Fsp3) is 0.750. The molecular formula is C24H40N4. The van der Waals surface area contributed by atoms with Gasteiger partial charge in [0.1, 0.15) is 0 Å². The summed E-state index contributed by atoms with van der Waals surface area (Å²) in [6.07, 6.45) is 10.9. The lowest BCUT2D eigenvalue weighted by molar-refractivity contribution is 0.154. The zero-order chi connectivity index (χ0) is 19.2. The average molecular weight is 385 g/mol. The smallest absolute Gasteiger partial charge is 0.0401 e. The number of piperidine rings is 2. The highest BCUT2D eigenvalue weighted by Crippen LogP contribution is 2.33. The summed E-state index contributed by atoms with van der Waals surface area (Å²) in [6.45, 7) is 8.11. The Morgan fingerprint density at radius 2 is 1.68 bits per heavy atom. The first-order chi connectivity index (χ1) is 13.8. The molecule has 4 heteroatoms. The van der Waals surface area contributed by atoms with Crippen molar-refractivity contribution in [2.75, 3.05) is 38.0 Å². The van der Waals surface area contributed by atoms with Gasteiger partial charge in [0.05, 0.1) is 0 Å². The summed E-state index contributed by atoms with van der Waals surface area (Å²) < 4.78 is 0. The van der Waals surface area contributed by atoms with Crippen LogP contribution in [0.15, 0.2) is 24.3 Å². The minimum atomic E-state index is 0.517. The van der Waals surface area contributed by atoms with Crippen LogP contribution >= 0.6 is 0 Å². The van der Waals surface area contributed by atoms with Crippen LogP contribution in [0.5, 0.6) is 0 Å². The third kappa shape index (κ3) is 5.28. The Morgan fingerprint density at radius 1 is 0.964 bits per heavy atom. The molecule has 1 aromatic rings. The minimum absolute atomic E-state index is 0.517. The highest BCUT2D eigenvalue weighted by atomic mass is 15.2. The van der Waals surface area contributed by atoms with Crippen molar-refractivity contribution in [3.63, 3.8) is 0 Å². The molecule has 2 saturated heterocycles. The van der Waals surface area contributed by atoms with Crippen LogP contribution in [0, 0.1) is 0 Å². The number of rotatable bonds is 7. The standard InChI is InChI=1S/C24H40N4/c1-2-13-26-22-16-23(18-25-17-22)27-21-9-7-19(8-10-21)20-11-14-28(15-12-20)24-5-3-4-6-24/h7-10,20,22-27H,2-6,11-18H2,1H3. The fourth-order valence-electron chi connectivity index (χ4n) is 5.51. The lowest BCUT2D eigenvalue weighted by Crippen LogP contribution is -2.51. The van der Waals surface area contributed by atoms with E-state index in [0.717, 1.165) is 31.6 Å². The summed E-state index contributed by atoms with van der Waals surface area (Å²) in [5, 5.41) is 11.0. The molecule has 2 unspecified atom stereocenters. The van der Waals surface area contributed by atoms with E-state index in [1.165, 1.54) is 70.1 Å². The monoisotopic (exact) mass is 384 g/mol. The van der Waals surface area contributed by atoms with Gasteiger partial charge in [0.2, 0.25) is 0 Å². The Morgan fingerprint density at radius 3 is 2.39 bits per heavy atom. The highest BCUT2D eigenvalue weighted by molar-refractivity contribution is 5.46. The van der Waals surface area contributed by atoms with Crippen LogP contribution < -0.4 is 16.0 Å². The van der Waals surface area contributed by atoms with Crippen LogP contribution in [-0.4, -0.2) is 55.7 Å². The van der Waals surface area contributed by atoms with Crippen molar-refractivity contribution in [2.24, 2.45) is 0 Å². The number of benzene rings is 1. The van der Waals surface area contributed by atoms with Gasteiger partial charge in [-0.25, -0.2) is 0 Å². The van der Waals surface area contributed by atoms with Crippen molar-refractivity contribution in [3.05, 3.63) is 29.8 Å². The van der Waals surface area contributed by atoms with E-state index < -0.39 is 0 Å². The molecule has 2 heterocycles. The second kappa shape index (κ2) is 10.1. The van der Waals surface area contributed by atoms with Gasteiger partial charge in [-0.15, -0.1) is 0 Å². The van der Waals surface area contributed by atoms with E-state index in [0.29, 0.717) is 12.1 Å². The summed E-state index contributed by atoms with van der Waals surface area (Å²) in [5.41, 5.74) is 2.82. The van der Waals surface area contributed by atoms with E-state index in [4.69, 9.17) is 0 Å². The molecule has 1 aromatic carbocycles. The molecule has 3 fully saturated rings. The molecule has 1 saturated carbocycles. The maximum Gasteiger partial charge on any atom is 0.0401 e. The molecule has 3 aliphatic rings. The van der Waals surface area contributed by atoms with Crippen molar-refractivity contribution in [3.8, 4) is 0 Å². The second-order valence-electron chi connectivity index (χ2n) is 9.26. The van der Waals surface area contributed by atoms with Gasteiger partial charge < -0.3 is 20.9 Å². The molecule has 4 rings (SSSR count). The summed E-state index contributed by atoms with van der Waals surface area (Å²) in [4.78, 5) is 2.78. The maximum atomic E-state index is 3.75. The zero-order valence-corrected chi connectivity index (χ0v) is 17.8. The Kier molecular flexibility index (Phi) is 7.27. The van der Waals surface area contributed by atoms with Crippen molar-refractivity contribution >= 4 is 5.69 Å². The molecule has 1 aliphatic carbocycles. The van der Waals surface area contributed by atoms with Gasteiger partial charge in [0.25, 0.3) is 0 Å². The van der Waals surface area contributed by atoms with E-state index >= 15 is 0 Å². The van der Waals surface area contributed by atoms with E-state index in [-0.39, 0.29) is 0 Å². The summed E-state index contributed by atoms with van der Waals surface area (Å²) in [5.74, 6) is 0.755. The number of hydrogen-bond donors (Lipinski definition) is 3. The lowest BCUT2D eigenvalue weighted by atomic mass is 9.88. The van der Waals surface area contributed by atoms with Gasteiger partial charge >= 0.3 is 0 Å². The van der Waals surface area contributed by atoms with Gasteiger partial charge in [-0.1, -0.05) is 31.9 Å². The van der Waals surface area contributed by atoms with Crippen molar-refractivity contribution < 1.29 is 0 Å².